The van der Waals surface area contributed by atoms with E-state index in [2.05, 4.69) is 11.1 Å². The van der Waals surface area contributed by atoms with Gasteiger partial charge in [0.2, 0.25) is 0 Å². The van der Waals surface area contributed by atoms with E-state index in [9.17, 15) is 13.5 Å². The summed E-state index contributed by atoms with van der Waals surface area (Å²) in [6.45, 7) is 4.20. The molecule has 0 saturated carbocycles. The van der Waals surface area contributed by atoms with Crippen molar-refractivity contribution >= 4 is 15.8 Å². The van der Waals surface area contributed by atoms with Crippen molar-refractivity contribution in [3.05, 3.63) is 29.8 Å². The lowest BCUT2D eigenvalue weighted by molar-refractivity contribution is -0.104. The molecule has 0 saturated heterocycles. The van der Waals surface area contributed by atoms with Gasteiger partial charge < -0.3 is 19.4 Å². The van der Waals surface area contributed by atoms with E-state index in [1.54, 1.807) is 12.1 Å². The Bertz CT molecular complexity index is 830. The minimum atomic E-state index is -3.98. The maximum Gasteiger partial charge on any atom is 0.297 e. The van der Waals surface area contributed by atoms with E-state index >= 15 is 0 Å². The first-order chi connectivity index (χ1) is 14.4. The Kier molecular flexibility index (Phi) is 9.75. The van der Waals surface area contributed by atoms with Gasteiger partial charge in [0.05, 0.1) is 24.7 Å². The monoisotopic (exact) mass is 439 g/mol. The molecule has 8 nitrogen and oxygen atoms in total. The van der Waals surface area contributed by atoms with E-state index < -0.39 is 28.4 Å². The number of benzene rings is 1. The average molecular weight is 440 g/mol. The number of rotatable bonds is 13. The van der Waals surface area contributed by atoms with Crippen molar-refractivity contribution in [3.63, 3.8) is 0 Å². The van der Waals surface area contributed by atoms with E-state index in [0.29, 0.717) is 12.3 Å². The van der Waals surface area contributed by atoms with Crippen LogP contribution in [0.5, 0.6) is 0 Å². The van der Waals surface area contributed by atoms with Crippen molar-refractivity contribution in [3.8, 4) is 12.3 Å². The first-order valence-corrected chi connectivity index (χ1v) is 11.3. The van der Waals surface area contributed by atoms with Crippen LogP contribution in [0.2, 0.25) is 0 Å². The molecule has 3 atom stereocenters. The molecule has 0 bridgehead atoms. The van der Waals surface area contributed by atoms with Crippen LogP contribution in [0.25, 0.3) is 0 Å². The lowest BCUT2D eigenvalue weighted by Gasteiger charge is -2.23. The minimum Gasteiger partial charge on any atom is -0.388 e. The summed E-state index contributed by atoms with van der Waals surface area (Å²) in [7, 11) is -3.98. The average Bonchev–Trinajstić information content (AvgIpc) is 3.20. The van der Waals surface area contributed by atoms with Gasteiger partial charge in [0.25, 0.3) is 10.1 Å². The first-order valence-electron chi connectivity index (χ1n) is 9.88. The number of aliphatic hydroxyl groups is 1. The fourth-order valence-electron chi connectivity index (χ4n) is 2.62. The van der Waals surface area contributed by atoms with Gasteiger partial charge in [-0.2, -0.15) is 8.42 Å². The molecule has 2 rings (SSSR count). The number of aliphatic hydroxyl groups excluding tert-OH is 1. The number of unbranched alkanes of at least 4 members (excludes halogenated alkanes) is 1. The standard InChI is InChI=1S/C21H29NO7S/c1-4-6-11-26-13-18(23)14-27-21(20-12-17(5-2)22-29-20)15-28-30(24,25)19-9-7-16(3)8-10-19/h2,7-10,18,20-21,23H,4,6,11-15H2,1,3H3/t18-,20+,21-/m1/s1. The van der Waals surface area contributed by atoms with E-state index in [1.807, 2.05) is 13.8 Å². The second kappa shape index (κ2) is 12.0. The van der Waals surface area contributed by atoms with Crippen LogP contribution in [0.1, 0.15) is 31.7 Å². The highest BCUT2D eigenvalue weighted by molar-refractivity contribution is 7.86. The molecule has 1 N–H and O–H groups in total. The highest BCUT2D eigenvalue weighted by Gasteiger charge is 2.32. The molecular formula is C21H29NO7S. The largest absolute Gasteiger partial charge is 0.388 e. The summed E-state index contributed by atoms with van der Waals surface area (Å²) >= 11 is 0. The van der Waals surface area contributed by atoms with Crippen molar-refractivity contribution in [1.82, 2.24) is 0 Å². The zero-order valence-corrected chi connectivity index (χ0v) is 18.1. The molecule has 9 heteroatoms. The third-order valence-electron chi connectivity index (χ3n) is 4.43. The molecule has 0 radical (unpaired) electrons. The summed E-state index contributed by atoms with van der Waals surface area (Å²) < 4.78 is 41.2. The molecule has 1 aromatic rings. The molecule has 1 aliphatic rings. The Balaban J connectivity index is 1.94. The third-order valence-corrected chi connectivity index (χ3v) is 5.72. The summed E-state index contributed by atoms with van der Waals surface area (Å²) in [4.78, 5) is 5.33. The van der Waals surface area contributed by atoms with Crippen LogP contribution in [-0.2, 0) is 28.6 Å². The Morgan fingerprint density at radius 2 is 2.03 bits per heavy atom. The lowest BCUT2D eigenvalue weighted by Crippen LogP contribution is -2.37. The first kappa shape index (κ1) is 24.3. The predicted molar refractivity (Wildman–Crippen MR) is 112 cm³/mol. The highest BCUT2D eigenvalue weighted by Crippen LogP contribution is 2.20. The molecule has 0 unspecified atom stereocenters. The molecule has 0 aromatic heterocycles. The highest BCUT2D eigenvalue weighted by atomic mass is 32.2. The van der Waals surface area contributed by atoms with Gasteiger partial charge in [0.15, 0.2) is 6.10 Å². The quantitative estimate of drug-likeness (QED) is 0.285. The van der Waals surface area contributed by atoms with Crippen LogP contribution in [0.15, 0.2) is 34.3 Å². The van der Waals surface area contributed by atoms with Crippen LogP contribution in [0, 0.1) is 19.3 Å². The van der Waals surface area contributed by atoms with Gasteiger partial charge in [-0.3, -0.25) is 4.18 Å². The molecule has 0 fully saturated rings. The number of ether oxygens (including phenoxy) is 2. The van der Waals surface area contributed by atoms with Crippen molar-refractivity contribution in [2.75, 3.05) is 26.4 Å². The van der Waals surface area contributed by atoms with Crippen molar-refractivity contribution in [2.45, 2.75) is 56.3 Å². The fraction of sp³-hybridized carbons (Fsp3) is 0.571. The lowest BCUT2D eigenvalue weighted by atomic mass is 10.1. The summed E-state index contributed by atoms with van der Waals surface area (Å²) in [5.41, 5.74) is 1.34. The van der Waals surface area contributed by atoms with Crippen LogP contribution >= 0.6 is 0 Å². The molecule has 1 aliphatic heterocycles. The molecular weight excluding hydrogens is 410 g/mol. The van der Waals surface area contributed by atoms with Gasteiger partial charge in [0.1, 0.15) is 17.9 Å². The summed E-state index contributed by atoms with van der Waals surface area (Å²) in [6, 6.07) is 6.32. The van der Waals surface area contributed by atoms with Gasteiger partial charge in [-0.15, -0.1) is 6.42 Å². The molecule has 1 heterocycles. The molecule has 30 heavy (non-hydrogen) atoms. The Labute approximate surface area is 178 Å². The van der Waals surface area contributed by atoms with Crippen molar-refractivity contribution in [2.24, 2.45) is 5.16 Å². The normalized spacial score (nSPS) is 18.3. The fourth-order valence-corrected chi connectivity index (χ4v) is 3.54. The number of hydrogen-bond donors (Lipinski definition) is 1. The van der Waals surface area contributed by atoms with E-state index in [0.717, 1.165) is 18.4 Å². The Hall–Kier alpha value is -1.96. The van der Waals surface area contributed by atoms with E-state index in [-0.39, 0.29) is 31.1 Å². The second-order valence-electron chi connectivity index (χ2n) is 7.04. The molecule has 1 aromatic carbocycles. The van der Waals surface area contributed by atoms with Gasteiger partial charge >= 0.3 is 0 Å². The number of terminal acetylenes is 1. The summed E-state index contributed by atoms with van der Waals surface area (Å²) in [5.74, 6) is 2.40. The molecule has 0 aliphatic carbocycles. The number of hydrogen-bond acceptors (Lipinski definition) is 8. The van der Waals surface area contributed by atoms with Crippen LogP contribution in [0.4, 0.5) is 0 Å². The Morgan fingerprint density at radius 1 is 1.30 bits per heavy atom. The van der Waals surface area contributed by atoms with Gasteiger partial charge in [-0.1, -0.05) is 42.1 Å². The predicted octanol–water partition coefficient (Wildman–Crippen LogP) is 2.04. The number of aryl methyl sites for hydroxylation is 1. The van der Waals surface area contributed by atoms with Crippen LogP contribution in [-0.4, -0.2) is 64.0 Å². The topological polar surface area (TPSA) is 104 Å². The van der Waals surface area contributed by atoms with Gasteiger partial charge in [-0.25, -0.2) is 0 Å². The molecule has 0 amide bonds. The number of nitrogens with zero attached hydrogens (tertiary/aromatic N) is 1. The van der Waals surface area contributed by atoms with Gasteiger partial charge in [0, 0.05) is 13.0 Å². The van der Waals surface area contributed by atoms with Crippen LogP contribution in [0.3, 0.4) is 0 Å². The van der Waals surface area contributed by atoms with E-state index in [4.69, 9.17) is 24.9 Å². The smallest absolute Gasteiger partial charge is 0.297 e. The molecule has 166 valence electrons. The third kappa shape index (κ3) is 7.70. The maximum absolute atomic E-state index is 12.5. The maximum atomic E-state index is 12.5. The van der Waals surface area contributed by atoms with Gasteiger partial charge in [-0.05, 0) is 25.5 Å². The number of oxime groups is 1. The van der Waals surface area contributed by atoms with Crippen molar-refractivity contribution < 1.29 is 32.0 Å². The SMILES string of the molecule is C#CC1=NO[C@H]([C@@H](COS(=O)(=O)c2ccc(C)cc2)OC[C@H](O)COCCCC)C1. The zero-order valence-electron chi connectivity index (χ0n) is 17.3. The Morgan fingerprint density at radius 3 is 2.67 bits per heavy atom. The van der Waals surface area contributed by atoms with Crippen molar-refractivity contribution in [1.29, 1.82) is 0 Å². The summed E-state index contributed by atoms with van der Waals surface area (Å²) in [5, 5.41) is 13.8. The summed E-state index contributed by atoms with van der Waals surface area (Å²) in [6.07, 6.45) is 5.26. The van der Waals surface area contributed by atoms with E-state index in [1.165, 1.54) is 12.1 Å². The molecule has 0 spiro atoms. The van der Waals surface area contributed by atoms with Crippen LogP contribution < -0.4 is 0 Å². The minimum absolute atomic E-state index is 0.0455. The second-order valence-corrected chi connectivity index (χ2v) is 8.65. The zero-order chi connectivity index (χ0) is 22.0.